The van der Waals surface area contributed by atoms with Crippen molar-refractivity contribution in [2.24, 2.45) is 23.7 Å². The van der Waals surface area contributed by atoms with Gasteiger partial charge in [-0.2, -0.15) is 0 Å². The molecule has 0 fully saturated rings. The number of carbonyl (C=O) groups is 8. The van der Waals surface area contributed by atoms with E-state index in [2.05, 4.69) is 119 Å². The van der Waals surface area contributed by atoms with E-state index in [0.29, 0.717) is 92.2 Å². The number of imide groups is 4. The van der Waals surface area contributed by atoms with E-state index in [9.17, 15) is 38.4 Å². The molecule has 4 unspecified atom stereocenters. The normalized spacial score (nSPS) is 14.7. The molecular formula is C128H176Br4N4O8. The van der Waals surface area contributed by atoms with Crippen LogP contribution >= 0.6 is 63.7 Å². The summed E-state index contributed by atoms with van der Waals surface area (Å²) in [7, 11) is 0. The van der Waals surface area contributed by atoms with Crippen LogP contribution in [0.1, 0.15) is 549 Å². The highest BCUT2D eigenvalue weighted by Crippen LogP contribution is 2.54. The lowest BCUT2D eigenvalue weighted by Crippen LogP contribution is -2.43. The lowest BCUT2D eigenvalue weighted by atomic mass is 9.82. The van der Waals surface area contributed by atoms with Crippen LogP contribution in [0.4, 0.5) is 0 Å². The van der Waals surface area contributed by atoms with Crippen molar-refractivity contribution < 1.29 is 38.4 Å². The van der Waals surface area contributed by atoms with Gasteiger partial charge in [0.15, 0.2) is 0 Å². The van der Waals surface area contributed by atoms with Crippen molar-refractivity contribution in [1.29, 1.82) is 0 Å². The topological polar surface area (TPSA) is 150 Å². The van der Waals surface area contributed by atoms with Gasteiger partial charge in [0.2, 0.25) is 0 Å². The first-order valence-electron chi connectivity index (χ1n) is 59.0. The van der Waals surface area contributed by atoms with Crippen molar-refractivity contribution in [1.82, 2.24) is 19.6 Å². The molecule has 784 valence electrons. The Morgan fingerprint density at radius 3 is 0.500 bits per heavy atom. The van der Waals surface area contributed by atoms with Gasteiger partial charge in [-0.1, -0.05) is 503 Å². The molecule has 16 heteroatoms. The van der Waals surface area contributed by atoms with Crippen molar-refractivity contribution in [2.45, 2.75) is 466 Å². The molecule has 0 saturated heterocycles. The first-order valence-corrected chi connectivity index (χ1v) is 62.1. The molecule has 8 amide bonds. The number of unbranched alkanes of at least 4 members (excludes halogenated alkanes) is 48. The summed E-state index contributed by atoms with van der Waals surface area (Å²) in [5.41, 5.74) is 4.47. The Morgan fingerprint density at radius 2 is 0.312 bits per heavy atom. The third kappa shape index (κ3) is 28.4. The fourth-order valence-electron chi connectivity index (χ4n) is 25.1. The fourth-order valence-corrected chi connectivity index (χ4v) is 27.6. The van der Waals surface area contributed by atoms with E-state index in [-0.39, 0.29) is 70.9 Å². The van der Waals surface area contributed by atoms with Crippen LogP contribution in [-0.2, 0) is 0 Å². The van der Waals surface area contributed by atoms with Crippen LogP contribution in [0.25, 0.3) is 86.2 Å². The van der Waals surface area contributed by atoms with E-state index in [1.54, 1.807) is 19.6 Å². The van der Waals surface area contributed by atoms with Crippen LogP contribution in [0, 0.1) is 23.7 Å². The van der Waals surface area contributed by atoms with Crippen LogP contribution in [0.15, 0.2) is 90.7 Å². The molecule has 0 radical (unpaired) electrons. The number of benzene rings is 10. The monoisotopic (exact) mass is 2210 g/mol. The summed E-state index contributed by atoms with van der Waals surface area (Å²) in [5.74, 6) is -0.626. The second kappa shape index (κ2) is 59.2. The van der Waals surface area contributed by atoms with E-state index in [1.165, 1.54) is 308 Å². The number of fused-ring (bicyclic) bond motifs is 4. The Bertz CT molecular complexity index is 5610. The van der Waals surface area contributed by atoms with Crippen LogP contribution < -0.4 is 0 Å². The molecule has 0 aliphatic carbocycles. The van der Waals surface area contributed by atoms with Gasteiger partial charge >= 0.3 is 0 Å². The Labute approximate surface area is 899 Å². The summed E-state index contributed by atoms with van der Waals surface area (Å²) in [6.45, 7) is 19.9. The third-order valence-corrected chi connectivity index (χ3v) is 35.8. The van der Waals surface area contributed by atoms with Gasteiger partial charge in [0.25, 0.3) is 47.3 Å². The standard InChI is InChI=1S/2C64H88Br2N2O4/c1-5-9-13-17-21-23-27-31-35-45(33-29-25-19-15-11-7-3)43-67-61(69)49-39-37-47-58-54(66)42-52-56-50(40-38-48(60(56)58)57-53(65)41-51(63(67)71)55(49)59(47)57)62(70)68(64(52)72)44-46(34-30-26-20-16-12-8-4)36-32-28-24-22-18-14-10-6-2;1-5-9-13-17-21-23-27-31-35-45(33-29-25-19-15-11-7-3)43-67-61(69)49-39-37-47-55-48(38-40-50(56(49)55)62(67)70)59-54(66)42-52-57-51(41-53(65)58(47)60(57)59)63(71)68(64(52)72)44-46(34-30-26-20-16-12-8-4)36-32-28-24-22-18-14-10-6-2/h2*37-42,45-46H,5-36,43-44H2,1-4H3. The molecule has 0 N–H and O–H groups in total. The molecular weight excluding hydrogens is 2040 g/mol. The maximum atomic E-state index is 14.9. The minimum atomic E-state index is -0.221. The SMILES string of the molecule is CCCCCCCCCCC(CCCCCCCC)CN1C(=O)c2ccc3c4c(Br)cc5c6c(cc(Br)c(c7ccc(c2c37)C1=O)c64)C(=O)N(CC(CCCCCCCC)CCCCCCCCCC)C5=O.CCCCCCCCCCC(CCCCCCCC)CN1C(=O)c2ccc3c4c(Br)cc5c6c(ccc(c7c(Br)cc(c2c37)C1=O)c64)C(=O)N(CC(CCCCCCCC)CCCCCCCCCC)C5=O. The number of carbonyl (C=O) groups excluding carboxylic acids is 8. The number of nitrogens with zero attached hydrogens (tertiary/aromatic N) is 4. The van der Waals surface area contributed by atoms with Crippen molar-refractivity contribution in [3.05, 3.63) is 135 Å². The molecule has 14 rings (SSSR count). The predicted molar refractivity (Wildman–Crippen MR) is 622 cm³/mol. The maximum absolute atomic E-state index is 14.9. The van der Waals surface area contributed by atoms with Crippen LogP contribution in [0.2, 0.25) is 0 Å². The number of hydrogen-bond acceptors (Lipinski definition) is 8. The molecule has 4 heterocycles. The van der Waals surface area contributed by atoms with Gasteiger partial charge in [0.1, 0.15) is 0 Å². The van der Waals surface area contributed by atoms with Crippen molar-refractivity contribution in [2.75, 3.05) is 26.2 Å². The molecule has 4 aliphatic rings. The minimum absolute atomic E-state index is 0.206. The summed E-state index contributed by atoms with van der Waals surface area (Å²) >= 11 is 15.9. The first-order chi connectivity index (χ1) is 70.3. The largest absolute Gasteiger partial charge is 0.274 e. The molecule has 0 saturated carbocycles. The van der Waals surface area contributed by atoms with Gasteiger partial charge < -0.3 is 0 Å². The Balaban J connectivity index is 0.000000241. The van der Waals surface area contributed by atoms with E-state index < -0.39 is 0 Å². The average Bonchev–Trinajstić information content (AvgIpc) is 0.685. The van der Waals surface area contributed by atoms with Crippen LogP contribution in [-0.4, -0.2) is 93.0 Å². The molecule has 10 aromatic rings. The van der Waals surface area contributed by atoms with Gasteiger partial charge in [0, 0.05) is 148 Å². The zero-order valence-corrected chi connectivity index (χ0v) is 96.2. The second-order valence-electron chi connectivity index (χ2n) is 44.4. The average molecular weight is 2220 g/mol. The van der Waals surface area contributed by atoms with Gasteiger partial charge in [-0.25, -0.2) is 0 Å². The summed E-state index contributed by atoms with van der Waals surface area (Å²) in [5, 5.41) is 13.4. The second-order valence-corrected chi connectivity index (χ2v) is 47.8. The molecule has 0 bridgehead atoms. The predicted octanol–water partition coefficient (Wildman–Crippen LogP) is 40.5. The highest BCUT2D eigenvalue weighted by molar-refractivity contribution is 9.11. The lowest BCUT2D eigenvalue weighted by Gasteiger charge is -2.33. The van der Waals surface area contributed by atoms with Crippen molar-refractivity contribution in [3.8, 4) is 0 Å². The van der Waals surface area contributed by atoms with Crippen molar-refractivity contribution >= 4 is 197 Å². The van der Waals surface area contributed by atoms with Crippen LogP contribution in [0.5, 0.6) is 0 Å². The van der Waals surface area contributed by atoms with Gasteiger partial charge in [-0.05, 0) is 151 Å². The maximum Gasteiger partial charge on any atom is 0.261 e. The number of amides is 8. The Kier molecular flexibility index (Phi) is 47.0. The molecule has 4 aliphatic heterocycles. The minimum Gasteiger partial charge on any atom is -0.274 e. The molecule has 12 nitrogen and oxygen atoms in total. The number of rotatable bonds is 72. The fraction of sp³-hybridized carbons (Fsp3) is 0.625. The van der Waals surface area contributed by atoms with Gasteiger partial charge in [-0.3, -0.25) is 58.0 Å². The first kappa shape index (κ1) is 114. The summed E-state index contributed by atoms with van der Waals surface area (Å²) in [6.07, 6.45) is 78.0. The van der Waals surface area contributed by atoms with E-state index in [0.717, 1.165) is 185 Å². The molecule has 0 aromatic heterocycles. The van der Waals surface area contributed by atoms with Crippen molar-refractivity contribution in [3.63, 3.8) is 0 Å². The smallest absolute Gasteiger partial charge is 0.261 e. The van der Waals surface area contributed by atoms with Gasteiger partial charge in [-0.15, -0.1) is 0 Å². The summed E-state index contributed by atoms with van der Waals surface area (Å²) in [6, 6.07) is 23.5. The highest BCUT2D eigenvalue weighted by atomic mass is 79.9. The summed E-state index contributed by atoms with van der Waals surface area (Å²) < 4.78 is 3.07. The number of halogens is 4. The molecule has 0 spiro atoms. The highest BCUT2D eigenvalue weighted by Gasteiger charge is 2.43. The van der Waals surface area contributed by atoms with Gasteiger partial charge in [0.05, 0.1) is 0 Å². The summed E-state index contributed by atoms with van der Waals surface area (Å²) in [4.78, 5) is 125. The molecule has 10 aromatic carbocycles. The Hall–Kier alpha value is -6.72. The molecule has 4 atom stereocenters. The third-order valence-electron chi connectivity index (χ3n) is 33.3. The lowest BCUT2D eigenvalue weighted by molar-refractivity contribution is 0.0562. The van der Waals surface area contributed by atoms with E-state index in [4.69, 9.17) is 0 Å². The quantitative estimate of drug-likeness (QED) is 0.0158. The number of hydrogen-bond donors (Lipinski definition) is 0. The van der Waals surface area contributed by atoms with E-state index >= 15 is 0 Å². The van der Waals surface area contributed by atoms with E-state index in [1.807, 2.05) is 72.8 Å². The Morgan fingerprint density at radius 1 is 0.167 bits per heavy atom. The zero-order valence-electron chi connectivity index (χ0n) is 89.9. The zero-order chi connectivity index (χ0) is 102. The van der Waals surface area contributed by atoms with Crippen LogP contribution in [0.3, 0.4) is 0 Å². The molecule has 144 heavy (non-hydrogen) atoms.